The maximum Gasteiger partial charge on any atom is 0.224 e. The highest BCUT2D eigenvalue weighted by molar-refractivity contribution is 5.77. The summed E-state index contributed by atoms with van der Waals surface area (Å²) >= 11 is 0. The molecule has 2 aromatic heterocycles. The predicted octanol–water partition coefficient (Wildman–Crippen LogP) is 2.26. The lowest BCUT2D eigenvalue weighted by Crippen LogP contribution is -2.39. The van der Waals surface area contributed by atoms with Crippen molar-refractivity contribution >= 4 is 16.9 Å². The van der Waals surface area contributed by atoms with E-state index in [1.165, 1.54) is 0 Å². The van der Waals surface area contributed by atoms with Crippen LogP contribution in [0, 0.1) is 6.92 Å². The average molecular weight is 338 g/mol. The summed E-state index contributed by atoms with van der Waals surface area (Å²) < 4.78 is 2.05. The van der Waals surface area contributed by atoms with E-state index in [2.05, 4.69) is 20.2 Å². The van der Waals surface area contributed by atoms with E-state index in [9.17, 15) is 4.79 Å². The molecule has 3 heterocycles. The quantitative estimate of drug-likeness (QED) is 0.791. The van der Waals surface area contributed by atoms with E-state index in [4.69, 9.17) is 0 Å². The minimum atomic E-state index is 0.190. The molecule has 25 heavy (non-hydrogen) atoms. The lowest BCUT2D eigenvalue weighted by Gasteiger charge is -2.31. The molecular weight excluding hydrogens is 316 g/mol. The Labute approximate surface area is 146 Å². The van der Waals surface area contributed by atoms with E-state index in [-0.39, 0.29) is 11.8 Å². The molecule has 130 valence electrons. The van der Waals surface area contributed by atoms with Crippen molar-refractivity contribution in [2.45, 2.75) is 38.6 Å². The molecule has 4 rings (SSSR count). The number of piperidine rings is 1. The van der Waals surface area contributed by atoms with Crippen LogP contribution in [-0.2, 0) is 11.3 Å². The zero-order valence-electron chi connectivity index (χ0n) is 14.4. The number of carbonyl (C=O) groups excluding carboxylic acids is 1. The van der Waals surface area contributed by atoms with Gasteiger partial charge >= 0.3 is 0 Å². The number of imidazole rings is 1. The third-order valence-electron chi connectivity index (χ3n) is 4.85. The minimum Gasteiger partial charge on any atom is -0.342 e. The van der Waals surface area contributed by atoms with Gasteiger partial charge in [0.1, 0.15) is 5.82 Å². The van der Waals surface area contributed by atoms with Gasteiger partial charge < -0.3 is 9.47 Å². The van der Waals surface area contributed by atoms with Crippen molar-refractivity contribution in [1.82, 2.24) is 29.6 Å². The second kappa shape index (κ2) is 6.66. The summed E-state index contributed by atoms with van der Waals surface area (Å²) in [5, 5.41) is 7.16. The fraction of sp³-hybridized carbons (Fsp3) is 0.444. The number of H-pyrrole nitrogens is 1. The van der Waals surface area contributed by atoms with Gasteiger partial charge in [-0.2, -0.15) is 5.10 Å². The smallest absolute Gasteiger partial charge is 0.224 e. The van der Waals surface area contributed by atoms with Crippen molar-refractivity contribution in [2.75, 3.05) is 13.1 Å². The molecule has 7 nitrogen and oxygen atoms in total. The van der Waals surface area contributed by atoms with Gasteiger partial charge in [0.15, 0.2) is 5.82 Å². The van der Waals surface area contributed by atoms with Gasteiger partial charge in [-0.3, -0.25) is 9.89 Å². The molecule has 1 fully saturated rings. The van der Waals surface area contributed by atoms with Crippen LogP contribution in [-0.4, -0.2) is 48.6 Å². The summed E-state index contributed by atoms with van der Waals surface area (Å²) in [7, 11) is 0. The molecular formula is C18H22N6O. The van der Waals surface area contributed by atoms with E-state index >= 15 is 0 Å². The molecule has 0 saturated carbocycles. The molecule has 0 spiro atoms. The van der Waals surface area contributed by atoms with Crippen molar-refractivity contribution in [2.24, 2.45) is 0 Å². The highest BCUT2D eigenvalue weighted by Crippen LogP contribution is 2.25. The zero-order chi connectivity index (χ0) is 17.2. The molecule has 1 N–H and O–H groups in total. The number of likely N-dealkylation sites (tertiary alicyclic amines) is 1. The number of nitrogens with zero attached hydrogens (tertiary/aromatic N) is 5. The topological polar surface area (TPSA) is 79.7 Å². The van der Waals surface area contributed by atoms with Gasteiger partial charge in [0.05, 0.1) is 17.4 Å². The van der Waals surface area contributed by atoms with Crippen molar-refractivity contribution in [1.29, 1.82) is 0 Å². The summed E-state index contributed by atoms with van der Waals surface area (Å²) in [6, 6.07) is 8.00. The lowest BCUT2D eigenvalue weighted by atomic mass is 9.97. The third-order valence-corrected chi connectivity index (χ3v) is 4.85. The molecule has 0 unspecified atom stereocenters. The Balaban J connectivity index is 1.39. The highest BCUT2D eigenvalue weighted by Gasteiger charge is 2.26. The second-order valence-corrected chi connectivity index (χ2v) is 6.63. The number of aryl methyl sites for hydroxylation is 2. The Morgan fingerprint density at radius 3 is 3.08 bits per heavy atom. The zero-order valence-corrected chi connectivity index (χ0v) is 14.4. The van der Waals surface area contributed by atoms with E-state index in [0.717, 1.165) is 42.1 Å². The monoisotopic (exact) mass is 338 g/mol. The van der Waals surface area contributed by atoms with Crippen LogP contribution in [0.15, 0.2) is 30.6 Å². The Kier molecular flexibility index (Phi) is 4.21. The van der Waals surface area contributed by atoms with Crippen LogP contribution in [0.25, 0.3) is 11.0 Å². The molecule has 3 aromatic rings. The molecule has 1 saturated heterocycles. The van der Waals surface area contributed by atoms with Crippen LogP contribution in [0.4, 0.5) is 0 Å². The first-order chi connectivity index (χ1) is 12.2. The van der Waals surface area contributed by atoms with E-state index in [1.807, 2.05) is 47.0 Å². The molecule has 1 aliphatic rings. The molecule has 0 bridgehead atoms. The number of carbonyl (C=O) groups is 1. The average Bonchev–Trinajstić information content (AvgIpc) is 3.26. The van der Waals surface area contributed by atoms with Gasteiger partial charge in [-0.1, -0.05) is 12.1 Å². The largest absolute Gasteiger partial charge is 0.342 e. The maximum atomic E-state index is 12.7. The Hall–Kier alpha value is -2.70. The number of fused-ring (bicyclic) bond motifs is 1. The Morgan fingerprint density at radius 1 is 1.36 bits per heavy atom. The lowest BCUT2D eigenvalue weighted by molar-refractivity contribution is -0.132. The first-order valence-corrected chi connectivity index (χ1v) is 8.77. The van der Waals surface area contributed by atoms with Crippen LogP contribution in [0.5, 0.6) is 0 Å². The summed E-state index contributed by atoms with van der Waals surface area (Å²) in [5.41, 5.74) is 2.04. The molecule has 0 radical (unpaired) electrons. The summed E-state index contributed by atoms with van der Waals surface area (Å²) in [6.07, 6.45) is 4.33. The van der Waals surface area contributed by atoms with E-state index < -0.39 is 0 Å². The van der Waals surface area contributed by atoms with Gasteiger partial charge in [-0.25, -0.2) is 9.97 Å². The number of aromatic amines is 1. The number of aromatic nitrogens is 5. The number of hydrogen-bond donors (Lipinski definition) is 1. The Bertz CT molecular complexity index is 882. The summed E-state index contributed by atoms with van der Waals surface area (Å²) in [6.45, 7) is 4.09. The molecule has 7 heteroatoms. The molecule has 1 aliphatic heterocycles. The summed E-state index contributed by atoms with van der Waals surface area (Å²) in [5.74, 6) is 2.08. The van der Waals surface area contributed by atoms with Crippen LogP contribution >= 0.6 is 0 Å². The third kappa shape index (κ3) is 3.26. The number of benzene rings is 1. The number of nitrogens with one attached hydrogen (secondary N) is 1. The number of para-hydroxylation sites is 2. The van der Waals surface area contributed by atoms with Gasteiger partial charge in [0.25, 0.3) is 0 Å². The van der Waals surface area contributed by atoms with E-state index in [0.29, 0.717) is 19.5 Å². The van der Waals surface area contributed by atoms with Gasteiger partial charge in [0.2, 0.25) is 5.91 Å². The van der Waals surface area contributed by atoms with Crippen LogP contribution in [0.1, 0.15) is 36.8 Å². The van der Waals surface area contributed by atoms with Crippen LogP contribution in [0.2, 0.25) is 0 Å². The van der Waals surface area contributed by atoms with Crippen molar-refractivity contribution in [3.8, 4) is 0 Å². The summed E-state index contributed by atoms with van der Waals surface area (Å²) in [4.78, 5) is 23.4. The molecule has 1 atom stereocenters. The molecule has 1 amide bonds. The Morgan fingerprint density at radius 2 is 2.24 bits per heavy atom. The van der Waals surface area contributed by atoms with Crippen molar-refractivity contribution < 1.29 is 4.79 Å². The first-order valence-electron chi connectivity index (χ1n) is 8.77. The first kappa shape index (κ1) is 15.8. The van der Waals surface area contributed by atoms with Crippen LogP contribution < -0.4 is 0 Å². The van der Waals surface area contributed by atoms with Gasteiger partial charge in [-0.15, -0.1) is 0 Å². The predicted molar refractivity (Wildman–Crippen MR) is 94.0 cm³/mol. The fourth-order valence-corrected chi connectivity index (χ4v) is 3.52. The normalized spacial score (nSPS) is 18.0. The SMILES string of the molecule is Cc1nc([C@@H]2CCCN(C(=O)CCn3cnc4ccccc43)C2)n[nH]1. The molecule has 0 aliphatic carbocycles. The van der Waals surface area contributed by atoms with Gasteiger partial charge in [-0.05, 0) is 31.9 Å². The number of hydrogen-bond acceptors (Lipinski definition) is 4. The maximum absolute atomic E-state index is 12.7. The van der Waals surface area contributed by atoms with Crippen LogP contribution in [0.3, 0.4) is 0 Å². The standard InChI is InChI=1S/C18H22N6O/c1-13-20-18(22-21-13)14-5-4-9-23(11-14)17(25)8-10-24-12-19-15-6-2-3-7-16(15)24/h2-3,6-7,12,14H,4-5,8-11H2,1H3,(H,20,21,22)/t14-/m1/s1. The van der Waals surface area contributed by atoms with Crippen molar-refractivity contribution in [3.63, 3.8) is 0 Å². The van der Waals surface area contributed by atoms with Crippen molar-refractivity contribution in [3.05, 3.63) is 42.2 Å². The number of amides is 1. The highest BCUT2D eigenvalue weighted by atomic mass is 16.2. The van der Waals surface area contributed by atoms with Gasteiger partial charge in [0, 0.05) is 32.0 Å². The molecule has 1 aromatic carbocycles. The minimum absolute atomic E-state index is 0.190. The number of rotatable bonds is 4. The van der Waals surface area contributed by atoms with E-state index in [1.54, 1.807) is 0 Å². The second-order valence-electron chi connectivity index (χ2n) is 6.63. The fourth-order valence-electron chi connectivity index (χ4n) is 3.52.